The number of anilines is 2. The molecule has 12 heteroatoms. The quantitative estimate of drug-likeness (QED) is 0.541. The van der Waals surface area contributed by atoms with Crippen molar-refractivity contribution < 1.29 is 13.2 Å². The standard InChI is InChI=1S/C15H16N6O3S3/c1-8-11(12-18-19-15(25)21(12)2)26-14(16-8)17-13(22)9-5-4-6-10(7-9)20-27(3,23)24/h4-7,20H,1-3H3,(H,19,25)(H,16,17,22). The molecule has 3 rings (SSSR count). The fourth-order valence-corrected chi connectivity index (χ4v) is 3.99. The molecule has 1 aromatic carbocycles. The number of aryl methyl sites for hydroxylation is 1. The highest BCUT2D eigenvalue weighted by Gasteiger charge is 2.17. The SMILES string of the molecule is Cc1nc(NC(=O)c2cccc(NS(C)(=O)=O)c2)sc1-c1n[nH]c(=S)n1C. The predicted octanol–water partition coefficient (Wildman–Crippen LogP) is 2.53. The van der Waals surface area contributed by atoms with Gasteiger partial charge in [0.15, 0.2) is 15.7 Å². The van der Waals surface area contributed by atoms with Crippen LogP contribution in [0.3, 0.4) is 0 Å². The smallest absolute Gasteiger partial charge is 0.257 e. The van der Waals surface area contributed by atoms with E-state index in [-0.39, 0.29) is 0 Å². The van der Waals surface area contributed by atoms with Crippen LogP contribution in [0.5, 0.6) is 0 Å². The zero-order valence-electron chi connectivity index (χ0n) is 14.6. The van der Waals surface area contributed by atoms with Crippen molar-refractivity contribution in [1.82, 2.24) is 19.7 Å². The van der Waals surface area contributed by atoms with Gasteiger partial charge < -0.3 is 4.57 Å². The second kappa shape index (κ2) is 7.21. The third kappa shape index (κ3) is 4.40. The molecule has 3 aromatic rings. The minimum atomic E-state index is -3.43. The number of rotatable bonds is 5. The van der Waals surface area contributed by atoms with Crippen LogP contribution in [0.1, 0.15) is 16.1 Å². The summed E-state index contributed by atoms with van der Waals surface area (Å²) in [7, 11) is -1.64. The maximum atomic E-state index is 12.5. The Morgan fingerprint density at radius 2 is 2.11 bits per heavy atom. The van der Waals surface area contributed by atoms with E-state index in [1.165, 1.54) is 17.4 Å². The van der Waals surface area contributed by atoms with Gasteiger partial charge in [0.1, 0.15) is 0 Å². The number of H-pyrrole nitrogens is 1. The van der Waals surface area contributed by atoms with Crippen LogP contribution in [-0.4, -0.2) is 40.3 Å². The van der Waals surface area contributed by atoms with E-state index in [4.69, 9.17) is 12.2 Å². The summed E-state index contributed by atoms with van der Waals surface area (Å²) in [4.78, 5) is 17.6. The second-order valence-corrected chi connectivity index (χ2v) is 8.89. The molecule has 0 atom stereocenters. The molecule has 9 nitrogen and oxygen atoms in total. The number of carbonyl (C=O) groups excluding carboxylic acids is 1. The lowest BCUT2D eigenvalue weighted by Crippen LogP contribution is -2.13. The molecule has 0 bridgehead atoms. The summed E-state index contributed by atoms with van der Waals surface area (Å²) in [5.74, 6) is 0.234. The van der Waals surface area contributed by atoms with Gasteiger partial charge in [0, 0.05) is 18.3 Å². The zero-order valence-corrected chi connectivity index (χ0v) is 17.1. The molecule has 0 unspecified atom stereocenters. The molecule has 0 saturated heterocycles. The number of thiazole rings is 1. The number of nitrogens with zero attached hydrogens (tertiary/aromatic N) is 3. The summed E-state index contributed by atoms with van der Waals surface area (Å²) in [5, 5.41) is 10.0. The van der Waals surface area contributed by atoms with Gasteiger partial charge in [0.25, 0.3) is 5.91 Å². The fraction of sp³-hybridized carbons (Fsp3) is 0.200. The number of aromatic nitrogens is 4. The Morgan fingerprint density at radius 3 is 2.74 bits per heavy atom. The topological polar surface area (TPSA) is 122 Å². The van der Waals surface area contributed by atoms with Crippen LogP contribution < -0.4 is 10.0 Å². The van der Waals surface area contributed by atoms with E-state index < -0.39 is 15.9 Å². The average molecular weight is 425 g/mol. The first-order chi connectivity index (χ1) is 12.6. The minimum absolute atomic E-state index is 0.302. The number of aromatic amines is 1. The van der Waals surface area contributed by atoms with Crippen LogP contribution in [0.15, 0.2) is 24.3 Å². The lowest BCUT2D eigenvalue weighted by atomic mass is 10.2. The van der Waals surface area contributed by atoms with E-state index in [2.05, 4.69) is 25.2 Å². The Labute approximate surface area is 164 Å². The molecule has 3 N–H and O–H groups in total. The molecule has 0 aliphatic heterocycles. The monoisotopic (exact) mass is 424 g/mol. The van der Waals surface area contributed by atoms with Gasteiger partial charge in [-0.1, -0.05) is 17.4 Å². The van der Waals surface area contributed by atoms with Crippen molar-refractivity contribution in [3.05, 3.63) is 40.3 Å². The van der Waals surface area contributed by atoms with Crippen LogP contribution in [0.4, 0.5) is 10.8 Å². The zero-order chi connectivity index (χ0) is 19.8. The Hall–Kier alpha value is -2.57. The first kappa shape index (κ1) is 19.2. The van der Waals surface area contributed by atoms with Crippen LogP contribution in [0, 0.1) is 11.7 Å². The normalized spacial score (nSPS) is 11.4. The Balaban J connectivity index is 1.83. The second-order valence-electron chi connectivity index (χ2n) is 5.75. The van der Waals surface area contributed by atoms with Crippen molar-refractivity contribution in [3.8, 4) is 10.7 Å². The number of amides is 1. The van der Waals surface area contributed by atoms with Crippen molar-refractivity contribution in [2.75, 3.05) is 16.3 Å². The molecule has 142 valence electrons. The van der Waals surface area contributed by atoms with Gasteiger partial charge in [-0.25, -0.2) is 13.4 Å². The van der Waals surface area contributed by atoms with Gasteiger partial charge in [0.2, 0.25) is 10.0 Å². The molecule has 27 heavy (non-hydrogen) atoms. The third-order valence-corrected chi connectivity index (χ3v) is 5.57. The lowest BCUT2D eigenvalue weighted by molar-refractivity contribution is 0.102. The van der Waals surface area contributed by atoms with E-state index in [0.29, 0.717) is 32.7 Å². The third-order valence-electron chi connectivity index (χ3n) is 3.53. The summed E-state index contributed by atoms with van der Waals surface area (Å²) in [6.07, 6.45) is 1.04. The molecule has 0 saturated carbocycles. The number of carbonyl (C=O) groups is 1. The van der Waals surface area contributed by atoms with Gasteiger partial charge >= 0.3 is 0 Å². The summed E-state index contributed by atoms with van der Waals surface area (Å²) < 4.78 is 27.2. The highest BCUT2D eigenvalue weighted by atomic mass is 32.2. The fourth-order valence-electron chi connectivity index (χ4n) is 2.31. The molecule has 0 aliphatic carbocycles. The van der Waals surface area contributed by atoms with Crippen LogP contribution >= 0.6 is 23.6 Å². The molecule has 0 radical (unpaired) electrons. The molecule has 0 spiro atoms. The summed E-state index contributed by atoms with van der Waals surface area (Å²) in [6, 6.07) is 6.19. The van der Waals surface area contributed by atoms with Gasteiger partial charge in [-0.2, -0.15) is 5.10 Å². The van der Waals surface area contributed by atoms with E-state index >= 15 is 0 Å². The average Bonchev–Trinajstić information content (AvgIpc) is 3.09. The summed E-state index contributed by atoms with van der Waals surface area (Å²) in [5.41, 5.74) is 1.32. The van der Waals surface area contributed by atoms with E-state index in [1.54, 1.807) is 29.8 Å². The number of sulfonamides is 1. The summed E-state index contributed by atoms with van der Waals surface area (Å²) in [6.45, 7) is 1.82. The van der Waals surface area contributed by atoms with Crippen molar-refractivity contribution in [2.45, 2.75) is 6.92 Å². The van der Waals surface area contributed by atoms with Gasteiger partial charge in [-0.05, 0) is 37.3 Å². The van der Waals surface area contributed by atoms with Gasteiger partial charge in [-0.15, -0.1) is 0 Å². The molecular weight excluding hydrogens is 408 g/mol. The van der Waals surface area contributed by atoms with Crippen molar-refractivity contribution in [3.63, 3.8) is 0 Å². The molecule has 2 aromatic heterocycles. The predicted molar refractivity (Wildman–Crippen MR) is 107 cm³/mol. The number of hydrogen-bond donors (Lipinski definition) is 3. The molecule has 0 fully saturated rings. The van der Waals surface area contributed by atoms with Gasteiger partial charge in [-0.3, -0.25) is 19.9 Å². The highest BCUT2D eigenvalue weighted by Crippen LogP contribution is 2.31. The Morgan fingerprint density at radius 1 is 1.37 bits per heavy atom. The molecule has 2 heterocycles. The van der Waals surface area contributed by atoms with Crippen LogP contribution in [-0.2, 0) is 17.1 Å². The van der Waals surface area contributed by atoms with E-state index in [0.717, 1.165) is 11.1 Å². The van der Waals surface area contributed by atoms with Gasteiger partial charge in [0.05, 0.1) is 16.8 Å². The van der Waals surface area contributed by atoms with E-state index in [1.807, 2.05) is 6.92 Å². The maximum absolute atomic E-state index is 12.5. The molecule has 0 aliphatic rings. The van der Waals surface area contributed by atoms with E-state index in [9.17, 15) is 13.2 Å². The van der Waals surface area contributed by atoms with Crippen LogP contribution in [0.25, 0.3) is 10.7 Å². The minimum Gasteiger partial charge on any atom is -0.303 e. The molecular formula is C15H16N6O3S3. The first-order valence-electron chi connectivity index (χ1n) is 7.62. The lowest BCUT2D eigenvalue weighted by Gasteiger charge is -2.06. The number of benzene rings is 1. The largest absolute Gasteiger partial charge is 0.303 e. The molecule has 1 amide bonds. The number of nitrogens with one attached hydrogen (secondary N) is 3. The maximum Gasteiger partial charge on any atom is 0.257 e. The van der Waals surface area contributed by atoms with Crippen molar-refractivity contribution in [1.29, 1.82) is 0 Å². The van der Waals surface area contributed by atoms with Crippen molar-refractivity contribution in [2.24, 2.45) is 7.05 Å². The summed E-state index contributed by atoms with van der Waals surface area (Å²) >= 11 is 6.39. The Kier molecular flexibility index (Phi) is 5.13. The van der Waals surface area contributed by atoms with Crippen LogP contribution in [0.2, 0.25) is 0 Å². The number of hydrogen-bond acceptors (Lipinski definition) is 7. The highest BCUT2D eigenvalue weighted by molar-refractivity contribution is 7.92. The first-order valence-corrected chi connectivity index (χ1v) is 10.7. The Bertz CT molecular complexity index is 1180. The van der Waals surface area contributed by atoms with Crippen molar-refractivity contribution >= 4 is 50.3 Å².